The molecule has 1 aromatic carbocycles. The number of unbranched alkanes of at least 4 members (excludes halogenated alkanes) is 2. The maximum atomic E-state index is 13.7. The van der Waals surface area contributed by atoms with Crippen molar-refractivity contribution in [3.8, 4) is 0 Å². The summed E-state index contributed by atoms with van der Waals surface area (Å²) in [5.41, 5.74) is 0.212. The molecular weight excluding hydrogens is 271 g/mol. The van der Waals surface area contributed by atoms with Gasteiger partial charge in [-0.3, -0.25) is 9.59 Å². The molecule has 21 heavy (non-hydrogen) atoms. The van der Waals surface area contributed by atoms with Crippen molar-refractivity contribution < 1.29 is 14.0 Å². The van der Waals surface area contributed by atoms with Crippen LogP contribution in [0.2, 0.25) is 0 Å². The molecule has 0 fully saturated rings. The van der Waals surface area contributed by atoms with Crippen molar-refractivity contribution in [1.82, 2.24) is 5.32 Å². The van der Waals surface area contributed by atoms with Crippen LogP contribution in [-0.4, -0.2) is 24.9 Å². The highest BCUT2D eigenvalue weighted by Gasteiger charge is 2.16. The Bertz CT molecular complexity index is 477. The Hall–Kier alpha value is -1.91. The third-order valence-electron chi connectivity index (χ3n) is 3.19. The lowest BCUT2D eigenvalue weighted by molar-refractivity contribution is -0.121. The SMILES string of the molecule is CCCCCNC(=O)CCN(C(C)=O)c1ccccc1F. The molecule has 1 N–H and O–H groups in total. The normalized spacial score (nSPS) is 10.2. The van der Waals surface area contributed by atoms with Crippen LogP contribution in [0.5, 0.6) is 0 Å². The van der Waals surface area contributed by atoms with E-state index in [0.717, 1.165) is 19.3 Å². The van der Waals surface area contributed by atoms with Crippen molar-refractivity contribution in [1.29, 1.82) is 0 Å². The van der Waals surface area contributed by atoms with Gasteiger partial charge in [-0.2, -0.15) is 0 Å². The summed E-state index contributed by atoms with van der Waals surface area (Å²) in [5.74, 6) is -0.858. The molecule has 0 spiro atoms. The van der Waals surface area contributed by atoms with Crippen LogP contribution in [0, 0.1) is 5.82 Å². The Morgan fingerprint density at radius 2 is 1.95 bits per heavy atom. The first-order valence-corrected chi connectivity index (χ1v) is 7.35. The fourth-order valence-corrected chi connectivity index (χ4v) is 2.02. The highest BCUT2D eigenvalue weighted by atomic mass is 19.1. The predicted molar refractivity (Wildman–Crippen MR) is 81.6 cm³/mol. The van der Waals surface area contributed by atoms with Crippen molar-refractivity contribution >= 4 is 17.5 Å². The van der Waals surface area contributed by atoms with Crippen LogP contribution in [0.1, 0.15) is 39.5 Å². The number of nitrogens with zero attached hydrogens (tertiary/aromatic N) is 1. The van der Waals surface area contributed by atoms with Gasteiger partial charge in [0.1, 0.15) is 5.82 Å². The van der Waals surface area contributed by atoms with E-state index in [1.807, 2.05) is 0 Å². The van der Waals surface area contributed by atoms with Gasteiger partial charge in [-0.1, -0.05) is 31.9 Å². The first kappa shape index (κ1) is 17.1. The van der Waals surface area contributed by atoms with E-state index in [2.05, 4.69) is 12.2 Å². The van der Waals surface area contributed by atoms with Crippen LogP contribution >= 0.6 is 0 Å². The van der Waals surface area contributed by atoms with Crippen LogP contribution in [-0.2, 0) is 9.59 Å². The summed E-state index contributed by atoms with van der Waals surface area (Å²) >= 11 is 0. The van der Waals surface area contributed by atoms with E-state index >= 15 is 0 Å². The summed E-state index contributed by atoms with van der Waals surface area (Å²) in [6, 6.07) is 6.07. The molecule has 1 aromatic rings. The zero-order valence-corrected chi connectivity index (χ0v) is 12.7. The number of para-hydroxylation sites is 1. The molecule has 0 aliphatic carbocycles. The predicted octanol–water partition coefficient (Wildman–Crippen LogP) is 2.88. The number of amides is 2. The second-order valence-corrected chi connectivity index (χ2v) is 4.93. The lowest BCUT2D eigenvalue weighted by Crippen LogP contribution is -2.34. The fourth-order valence-electron chi connectivity index (χ4n) is 2.02. The Labute approximate surface area is 125 Å². The van der Waals surface area contributed by atoms with Crippen LogP contribution in [0.4, 0.5) is 10.1 Å². The topological polar surface area (TPSA) is 49.4 Å². The molecular formula is C16H23FN2O2. The van der Waals surface area contributed by atoms with E-state index in [4.69, 9.17) is 0 Å². The number of hydrogen-bond donors (Lipinski definition) is 1. The number of benzene rings is 1. The molecule has 0 aliphatic heterocycles. The molecule has 1 rings (SSSR count). The molecule has 0 saturated heterocycles. The quantitative estimate of drug-likeness (QED) is 0.749. The molecule has 2 amide bonds. The van der Waals surface area contributed by atoms with Gasteiger partial charge in [-0.15, -0.1) is 0 Å². The molecule has 0 aromatic heterocycles. The van der Waals surface area contributed by atoms with E-state index in [0.29, 0.717) is 6.54 Å². The van der Waals surface area contributed by atoms with Gasteiger partial charge in [-0.25, -0.2) is 4.39 Å². The molecule has 0 heterocycles. The van der Waals surface area contributed by atoms with Gasteiger partial charge in [0.25, 0.3) is 0 Å². The van der Waals surface area contributed by atoms with Crippen LogP contribution in [0.25, 0.3) is 0 Å². The molecule has 0 unspecified atom stereocenters. The van der Waals surface area contributed by atoms with Gasteiger partial charge >= 0.3 is 0 Å². The minimum Gasteiger partial charge on any atom is -0.356 e. The average molecular weight is 294 g/mol. The zero-order chi connectivity index (χ0) is 15.7. The second kappa shape index (κ2) is 9.10. The summed E-state index contributed by atoms with van der Waals surface area (Å²) in [7, 11) is 0. The number of carbonyl (C=O) groups is 2. The van der Waals surface area contributed by atoms with Gasteiger partial charge in [0.2, 0.25) is 11.8 Å². The Balaban J connectivity index is 2.51. The number of nitrogens with one attached hydrogen (secondary N) is 1. The summed E-state index contributed by atoms with van der Waals surface area (Å²) in [6.45, 7) is 4.29. The highest BCUT2D eigenvalue weighted by Crippen LogP contribution is 2.19. The lowest BCUT2D eigenvalue weighted by atomic mass is 10.2. The van der Waals surface area contributed by atoms with E-state index in [1.54, 1.807) is 12.1 Å². The summed E-state index contributed by atoms with van der Waals surface area (Å²) in [6.07, 6.45) is 3.29. The van der Waals surface area contributed by atoms with Crippen molar-refractivity contribution in [2.75, 3.05) is 18.0 Å². The molecule has 116 valence electrons. The van der Waals surface area contributed by atoms with E-state index < -0.39 is 5.82 Å². The molecule has 5 heteroatoms. The second-order valence-electron chi connectivity index (χ2n) is 4.93. The van der Waals surface area contributed by atoms with Crippen LogP contribution < -0.4 is 10.2 Å². The number of rotatable bonds is 8. The molecule has 0 atom stereocenters. The van der Waals surface area contributed by atoms with Gasteiger partial charge < -0.3 is 10.2 Å². The van der Waals surface area contributed by atoms with Crippen LogP contribution in [0.3, 0.4) is 0 Å². The summed E-state index contributed by atoms with van der Waals surface area (Å²) in [5, 5.41) is 2.81. The maximum absolute atomic E-state index is 13.7. The van der Waals surface area contributed by atoms with Crippen molar-refractivity contribution in [3.63, 3.8) is 0 Å². The van der Waals surface area contributed by atoms with Gasteiger partial charge in [0, 0.05) is 26.4 Å². The smallest absolute Gasteiger partial charge is 0.223 e. The third kappa shape index (κ3) is 5.94. The minimum atomic E-state index is -0.462. The highest BCUT2D eigenvalue weighted by molar-refractivity contribution is 5.92. The Kier molecular flexibility index (Phi) is 7.43. The van der Waals surface area contributed by atoms with E-state index in [-0.39, 0.29) is 30.5 Å². The number of halogens is 1. The molecule has 0 bridgehead atoms. The lowest BCUT2D eigenvalue weighted by Gasteiger charge is -2.21. The average Bonchev–Trinajstić information content (AvgIpc) is 2.45. The van der Waals surface area contributed by atoms with Gasteiger partial charge in [0.05, 0.1) is 5.69 Å². The zero-order valence-electron chi connectivity index (χ0n) is 12.7. The number of anilines is 1. The molecule has 0 radical (unpaired) electrons. The minimum absolute atomic E-state index is 0.117. The first-order chi connectivity index (χ1) is 10.1. The summed E-state index contributed by atoms with van der Waals surface area (Å²) < 4.78 is 13.7. The maximum Gasteiger partial charge on any atom is 0.223 e. The van der Waals surface area contributed by atoms with E-state index in [9.17, 15) is 14.0 Å². The Morgan fingerprint density at radius 3 is 2.57 bits per heavy atom. The van der Waals surface area contributed by atoms with Gasteiger partial charge in [-0.05, 0) is 18.6 Å². The third-order valence-corrected chi connectivity index (χ3v) is 3.19. The van der Waals surface area contributed by atoms with E-state index in [1.165, 1.54) is 24.0 Å². The standard InChI is InChI=1S/C16H23FN2O2/c1-3-4-7-11-18-16(21)10-12-19(13(2)20)15-9-6-5-8-14(15)17/h5-6,8-9H,3-4,7,10-12H2,1-2H3,(H,18,21). The monoisotopic (exact) mass is 294 g/mol. The van der Waals surface area contributed by atoms with Crippen molar-refractivity contribution in [2.45, 2.75) is 39.5 Å². The molecule has 4 nitrogen and oxygen atoms in total. The van der Waals surface area contributed by atoms with Crippen LogP contribution in [0.15, 0.2) is 24.3 Å². The summed E-state index contributed by atoms with van der Waals surface area (Å²) in [4.78, 5) is 24.6. The first-order valence-electron chi connectivity index (χ1n) is 7.35. The van der Waals surface area contributed by atoms with Gasteiger partial charge in [0.15, 0.2) is 0 Å². The van der Waals surface area contributed by atoms with Crippen molar-refractivity contribution in [2.24, 2.45) is 0 Å². The van der Waals surface area contributed by atoms with Crippen molar-refractivity contribution in [3.05, 3.63) is 30.1 Å². The Morgan fingerprint density at radius 1 is 1.24 bits per heavy atom. The molecule has 0 saturated carbocycles. The largest absolute Gasteiger partial charge is 0.356 e. The number of hydrogen-bond acceptors (Lipinski definition) is 2. The fraction of sp³-hybridized carbons (Fsp3) is 0.500. The number of carbonyl (C=O) groups excluding carboxylic acids is 2. The molecule has 0 aliphatic rings.